The van der Waals surface area contributed by atoms with Gasteiger partial charge in [0, 0.05) is 30.9 Å². The molecule has 1 heterocycles. The molecular weight excluding hydrogens is 216 g/mol. The molecule has 0 aromatic carbocycles. The molecule has 0 saturated carbocycles. The smallest absolute Gasteiger partial charge is 0.251 e. The zero-order valence-electron chi connectivity index (χ0n) is 11.1. The molecule has 0 bridgehead atoms. The number of carbonyl (C=O) groups is 1. The molecule has 0 saturated heterocycles. The summed E-state index contributed by atoms with van der Waals surface area (Å²) < 4.78 is 1.43. The SMILES string of the molecule is CC(NC(=O)c1ccn(C)c(=O)c1)C(C)(C)C. The second kappa shape index (κ2) is 4.73. The van der Waals surface area contributed by atoms with E-state index in [-0.39, 0.29) is 22.9 Å². The fraction of sp³-hybridized carbons (Fsp3) is 0.538. The summed E-state index contributed by atoms with van der Waals surface area (Å²) in [5, 5.41) is 2.90. The Morgan fingerprint density at radius 3 is 2.47 bits per heavy atom. The van der Waals surface area contributed by atoms with Crippen molar-refractivity contribution in [2.24, 2.45) is 12.5 Å². The number of carbonyl (C=O) groups excluding carboxylic acids is 1. The fourth-order valence-corrected chi connectivity index (χ4v) is 1.19. The van der Waals surface area contributed by atoms with Gasteiger partial charge in [0.2, 0.25) is 0 Å². The second-order valence-electron chi connectivity index (χ2n) is 5.43. The molecule has 0 spiro atoms. The maximum absolute atomic E-state index is 11.9. The van der Waals surface area contributed by atoms with Crippen molar-refractivity contribution in [1.29, 1.82) is 0 Å². The third-order valence-electron chi connectivity index (χ3n) is 3.01. The number of aryl methyl sites for hydroxylation is 1. The van der Waals surface area contributed by atoms with Gasteiger partial charge in [0.25, 0.3) is 11.5 Å². The molecule has 1 amide bonds. The molecule has 17 heavy (non-hydrogen) atoms. The number of amides is 1. The van der Waals surface area contributed by atoms with Gasteiger partial charge in [0.1, 0.15) is 0 Å². The zero-order valence-corrected chi connectivity index (χ0v) is 11.1. The van der Waals surface area contributed by atoms with Crippen molar-refractivity contribution in [3.63, 3.8) is 0 Å². The number of nitrogens with one attached hydrogen (secondary N) is 1. The molecular formula is C13H20N2O2. The van der Waals surface area contributed by atoms with E-state index in [9.17, 15) is 9.59 Å². The van der Waals surface area contributed by atoms with Crippen LogP contribution in [0, 0.1) is 5.41 Å². The van der Waals surface area contributed by atoms with Crippen molar-refractivity contribution < 1.29 is 4.79 Å². The highest BCUT2D eigenvalue weighted by atomic mass is 16.2. The van der Waals surface area contributed by atoms with Crippen LogP contribution in [0.5, 0.6) is 0 Å². The predicted molar refractivity (Wildman–Crippen MR) is 68.1 cm³/mol. The van der Waals surface area contributed by atoms with Gasteiger partial charge in [-0.05, 0) is 18.4 Å². The number of hydrogen-bond donors (Lipinski definition) is 1. The van der Waals surface area contributed by atoms with Crippen LogP contribution < -0.4 is 10.9 Å². The fourth-order valence-electron chi connectivity index (χ4n) is 1.19. The Hall–Kier alpha value is -1.58. The first-order chi connectivity index (χ1) is 7.71. The predicted octanol–water partition coefficient (Wildman–Crippen LogP) is 1.55. The number of aromatic nitrogens is 1. The van der Waals surface area contributed by atoms with Crippen LogP contribution in [0.15, 0.2) is 23.1 Å². The Labute approximate surface area is 102 Å². The topological polar surface area (TPSA) is 51.1 Å². The van der Waals surface area contributed by atoms with Crippen molar-refractivity contribution >= 4 is 5.91 Å². The summed E-state index contributed by atoms with van der Waals surface area (Å²) in [6.45, 7) is 8.13. The van der Waals surface area contributed by atoms with Gasteiger partial charge in [-0.25, -0.2) is 0 Å². The first-order valence-corrected chi connectivity index (χ1v) is 5.69. The lowest BCUT2D eigenvalue weighted by Gasteiger charge is -2.28. The van der Waals surface area contributed by atoms with Crippen molar-refractivity contribution in [2.75, 3.05) is 0 Å². The van der Waals surface area contributed by atoms with Crippen LogP contribution in [0.4, 0.5) is 0 Å². The van der Waals surface area contributed by atoms with Crippen LogP contribution in [-0.4, -0.2) is 16.5 Å². The zero-order chi connectivity index (χ0) is 13.2. The highest BCUT2D eigenvalue weighted by Gasteiger charge is 2.22. The van der Waals surface area contributed by atoms with Gasteiger partial charge in [0.05, 0.1) is 0 Å². The summed E-state index contributed by atoms with van der Waals surface area (Å²) in [7, 11) is 1.65. The van der Waals surface area contributed by atoms with Gasteiger partial charge < -0.3 is 9.88 Å². The average Bonchev–Trinajstić information content (AvgIpc) is 2.20. The Morgan fingerprint density at radius 2 is 2.00 bits per heavy atom. The summed E-state index contributed by atoms with van der Waals surface area (Å²) in [4.78, 5) is 23.3. The first kappa shape index (κ1) is 13.5. The highest BCUT2D eigenvalue weighted by molar-refractivity contribution is 5.94. The Balaban J connectivity index is 2.84. The molecule has 4 nitrogen and oxygen atoms in total. The molecule has 0 aliphatic heterocycles. The van der Waals surface area contributed by atoms with E-state index >= 15 is 0 Å². The molecule has 94 valence electrons. The minimum atomic E-state index is -0.204. The van der Waals surface area contributed by atoms with E-state index in [1.54, 1.807) is 19.3 Å². The van der Waals surface area contributed by atoms with Crippen LogP contribution >= 0.6 is 0 Å². The summed E-state index contributed by atoms with van der Waals surface area (Å²) in [6, 6.07) is 3.04. The molecule has 4 heteroatoms. The quantitative estimate of drug-likeness (QED) is 0.847. The minimum Gasteiger partial charge on any atom is -0.349 e. The third-order valence-corrected chi connectivity index (χ3v) is 3.01. The van der Waals surface area contributed by atoms with E-state index in [4.69, 9.17) is 0 Å². The van der Waals surface area contributed by atoms with Gasteiger partial charge in [0.15, 0.2) is 0 Å². The largest absolute Gasteiger partial charge is 0.349 e. The first-order valence-electron chi connectivity index (χ1n) is 5.69. The third kappa shape index (κ3) is 3.44. The summed E-state index contributed by atoms with van der Waals surface area (Å²) in [6.07, 6.45) is 1.60. The summed E-state index contributed by atoms with van der Waals surface area (Å²) in [5.41, 5.74) is 0.223. The number of nitrogens with zero attached hydrogens (tertiary/aromatic N) is 1. The van der Waals surface area contributed by atoms with Gasteiger partial charge in [-0.2, -0.15) is 0 Å². The summed E-state index contributed by atoms with van der Waals surface area (Å²) >= 11 is 0. The van der Waals surface area contributed by atoms with E-state index in [2.05, 4.69) is 26.1 Å². The number of hydrogen-bond acceptors (Lipinski definition) is 2. The van der Waals surface area contributed by atoms with E-state index in [0.717, 1.165) is 0 Å². The summed E-state index contributed by atoms with van der Waals surface area (Å²) in [5.74, 6) is -0.204. The van der Waals surface area contributed by atoms with E-state index < -0.39 is 0 Å². The molecule has 0 aliphatic rings. The van der Waals surface area contributed by atoms with Gasteiger partial charge in [-0.15, -0.1) is 0 Å². The normalized spacial score (nSPS) is 13.2. The molecule has 1 atom stereocenters. The maximum Gasteiger partial charge on any atom is 0.251 e. The van der Waals surface area contributed by atoms with E-state index in [1.165, 1.54) is 10.6 Å². The number of pyridine rings is 1. The Kier molecular flexibility index (Phi) is 3.76. The van der Waals surface area contributed by atoms with Crippen LogP contribution in [0.3, 0.4) is 0 Å². The van der Waals surface area contributed by atoms with E-state index in [0.29, 0.717) is 5.56 Å². The molecule has 1 unspecified atom stereocenters. The van der Waals surface area contributed by atoms with Crippen molar-refractivity contribution in [3.8, 4) is 0 Å². The van der Waals surface area contributed by atoms with Crippen molar-refractivity contribution in [2.45, 2.75) is 33.7 Å². The molecule has 0 radical (unpaired) electrons. The Bertz CT molecular complexity index is 469. The monoisotopic (exact) mass is 236 g/mol. The van der Waals surface area contributed by atoms with E-state index in [1.807, 2.05) is 6.92 Å². The Morgan fingerprint density at radius 1 is 1.41 bits per heavy atom. The highest BCUT2D eigenvalue weighted by Crippen LogP contribution is 2.18. The standard InChI is InChI=1S/C13H20N2O2/c1-9(13(2,3)4)14-12(17)10-6-7-15(5)11(16)8-10/h6-9H,1-5H3,(H,14,17). The average molecular weight is 236 g/mol. The van der Waals surface area contributed by atoms with Crippen LogP contribution in [0.25, 0.3) is 0 Å². The molecule has 1 N–H and O–H groups in total. The molecule has 1 rings (SSSR count). The lowest BCUT2D eigenvalue weighted by Crippen LogP contribution is -2.41. The molecule has 0 aliphatic carbocycles. The lowest BCUT2D eigenvalue weighted by molar-refractivity contribution is 0.0910. The number of rotatable bonds is 2. The van der Waals surface area contributed by atoms with Crippen LogP contribution in [0.2, 0.25) is 0 Å². The van der Waals surface area contributed by atoms with Gasteiger partial charge in [-0.3, -0.25) is 9.59 Å². The van der Waals surface area contributed by atoms with Gasteiger partial charge >= 0.3 is 0 Å². The maximum atomic E-state index is 11.9. The van der Waals surface area contributed by atoms with Gasteiger partial charge in [-0.1, -0.05) is 20.8 Å². The lowest BCUT2D eigenvalue weighted by atomic mass is 9.88. The molecule has 0 fully saturated rings. The van der Waals surface area contributed by atoms with Crippen LogP contribution in [0.1, 0.15) is 38.1 Å². The minimum absolute atomic E-state index is 0.00456. The molecule has 1 aromatic heterocycles. The van der Waals surface area contributed by atoms with Crippen molar-refractivity contribution in [3.05, 3.63) is 34.2 Å². The van der Waals surface area contributed by atoms with Crippen molar-refractivity contribution in [1.82, 2.24) is 9.88 Å². The van der Waals surface area contributed by atoms with Crippen LogP contribution in [-0.2, 0) is 7.05 Å². The molecule has 1 aromatic rings. The second-order valence-corrected chi connectivity index (χ2v) is 5.43.